The summed E-state index contributed by atoms with van der Waals surface area (Å²) in [6.45, 7) is 8.12. The van der Waals surface area contributed by atoms with Crippen LogP contribution < -0.4 is 4.90 Å². The van der Waals surface area contributed by atoms with E-state index >= 15 is 0 Å². The Morgan fingerprint density at radius 3 is 2.69 bits per heavy atom. The van der Waals surface area contributed by atoms with Crippen molar-refractivity contribution in [2.45, 2.75) is 76.8 Å². The number of hydrogen-bond donors (Lipinski definition) is 3. The van der Waals surface area contributed by atoms with Crippen LogP contribution in [0, 0.1) is 29.1 Å². The van der Waals surface area contributed by atoms with E-state index in [0.717, 1.165) is 30.5 Å². The lowest BCUT2D eigenvalue weighted by atomic mass is 9.59. The van der Waals surface area contributed by atoms with Crippen LogP contribution in [0.2, 0.25) is 0 Å². The number of rotatable bonds is 2. The number of hydrogen-bond acceptors (Lipinski definition) is 5. The molecule has 0 saturated heterocycles. The van der Waals surface area contributed by atoms with Gasteiger partial charge in [-0.15, -0.1) is 0 Å². The van der Waals surface area contributed by atoms with Gasteiger partial charge in [-0.1, -0.05) is 37.3 Å². The van der Waals surface area contributed by atoms with Crippen molar-refractivity contribution in [1.82, 2.24) is 0 Å². The van der Waals surface area contributed by atoms with Crippen molar-refractivity contribution in [1.29, 1.82) is 0 Å². The summed E-state index contributed by atoms with van der Waals surface area (Å²) in [4.78, 5) is 15.0. The third kappa shape index (κ3) is 3.09. The van der Waals surface area contributed by atoms with Gasteiger partial charge in [-0.2, -0.15) is 0 Å². The molecule has 8 atom stereocenters. The zero-order valence-electron chi connectivity index (χ0n) is 21.1. The second-order valence-corrected chi connectivity index (χ2v) is 12.3. The van der Waals surface area contributed by atoms with Crippen LogP contribution in [-0.2, 0) is 11.2 Å². The van der Waals surface area contributed by atoms with Crippen molar-refractivity contribution in [3.8, 4) is 0 Å². The van der Waals surface area contributed by atoms with Gasteiger partial charge in [-0.3, -0.25) is 4.90 Å². The maximum atomic E-state index is 13.4. The summed E-state index contributed by atoms with van der Waals surface area (Å²) in [7, 11) is 0. The summed E-state index contributed by atoms with van der Waals surface area (Å²) in [5.74, 6) is 1.38. The lowest BCUT2D eigenvalue weighted by Crippen LogP contribution is -2.63. The molecule has 2 saturated carbocycles. The number of allylic oxidation sites excluding steroid dienone is 1. The highest BCUT2D eigenvalue weighted by molar-refractivity contribution is 5.90. The minimum atomic E-state index is -1.77. The zero-order chi connectivity index (χ0) is 24.9. The average Bonchev–Trinajstić information content (AvgIpc) is 3.42. The van der Waals surface area contributed by atoms with Crippen molar-refractivity contribution in [2.75, 3.05) is 11.4 Å². The Morgan fingerprint density at radius 2 is 1.91 bits per heavy atom. The molecule has 1 aromatic rings. The number of amides is 1. The quantitative estimate of drug-likeness (QED) is 0.558. The molecule has 1 heterocycles. The van der Waals surface area contributed by atoms with Crippen LogP contribution in [0.1, 0.15) is 52.5 Å². The SMILES string of the molecule is CC1=C[C@@]23C[C@H](C=C(C(C)(C)OC(=O)N4CCc5ccccc54)[C@@H](O)[C@]2(O)[C@H]1O)[C@@H]1C[C@@H]1C[C@H]3C. The van der Waals surface area contributed by atoms with Crippen molar-refractivity contribution >= 4 is 11.8 Å². The minimum Gasteiger partial charge on any atom is -0.438 e. The minimum absolute atomic E-state index is 0.119. The van der Waals surface area contributed by atoms with Crippen molar-refractivity contribution in [3.63, 3.8) is 0 Å². The molecule has 188 valence electrons. The third-order valence-electron chi connectivity index (χ3n) is 9.97. The van der Waals surface area contributed by atoms with Gasteiger partial charge in [0.05, 0.1) is 5.69 Å². The number of aliphatic hydroxyl groups is 3. The van der Waals surface area contributed by atoms with Gasteiger partial charge in [0.15, 0.2) is 0 Å². The molecule has 2 fully saturated rings. The number of fused-ring (bicyclic) bond motifs is 4. The van der Waals surface area contributed by atoms with Crippen LogP contribution in [0.4, 0.5) is 10.5 Å². The smallest absolute Gasteiger partial charge is 0.415 e. The first-order valence-electron chi connectivity index (χ1n) is 13.1. The Labute approximate surface area is 207 Å². The molecule has 4 aliphatic carbocycles. The summed E-state index contributed by atoms with van der Waals surface area (Å²) in [6.07, 6.45) is 4.73. The van der Waals surface area contributed by atoms with Gasteiger partial charge in [0.1, 0.15) is 23.4 Å². The van der Waals surface area contributed by atoms with Gasteiger partial charge in [-0.05, 0) is 87.3 Å². The lowest BCUT2D eigenvalue weighted by Gasteiger charge is -2.50. The molecule has 2 bridgehead atoms. The first-order valence-corrected chi connectivity index (χ1v) is 13.1. The second-order valence-electron chi connectivity index (χ2n) is 12.3. The molecule has 0 radical (unpaired) electrons. The maximum absolute atomic E-state index is 13.4. The molecule has 1 amide bonds. The van der Waals surface area contributed by atoms with Crippen molar-refractivity contribution < 1.29 is 24.9 Å². The Balaban J connectivity index is 1.38. The largest absolute Gasteiger partial charge is 0.438 e. The molecule has 0 aromatic heterocycles. The summed E-state index contributed by atoms with van der Waals surface area (Å²) < 4.78 is 6.10. The van der Waals surface area contributed by atoms with E-state index in [2.05, 4.69) is 13.0 Å². The topological polar surface area (TPSA) is 90.2 Å². The van der Waals surface area contributed by atoms with E-state index in [1.807, 2.05) is 37.3 Å². The number of benzene rings is 1. The van der Waals surface area contributed by atoms with Gasteiger partial charge in [0.25, 0.3) is 0 Å². The van der Waals surface area contributed by atoms with Gasteiger partial charge in [0.2, 0.25) is 0 Å². The summed E-state index contributed by atoms with van der Waals surface area (Å²) in [6, 6.07) is 7.83. The summed E-state index contributed by atoms with van der Waals surface area (Å²) in [5, 5.41) is 35.4. The second kappa shape index (κ2) is 7.44. The molecule has 0 unspecified atom stereocenters. The fourth-order valence-electron chi connectivity index (χ4n) is 7.97. The van der Waals surface area contributed by atoms with E-state index in [-0.39, 0.29) is 11.8 Å². The molecule has 1 spiro atoms. The van der Waals surface area contributed by atoms with E-state index < -0.39 is 34.9 Å². The standard InChI is InChI=1S/C29H37NO5/c1-16-14-28-15-20(21-12-19(21)11-17(28)2)13-22(25(32)29(28,34)24(16)31)27(3,4)35-26(33)30-10-9-18-7-5-6-8-23(18)30/h5-8,13-14,17,19-21,24-25,31-32,34H,9-12,15H2,1-4H3/t17-,19+,20+,21-,24+,25-,28+,29-/m1/s1. The number of carbonyl (C=O) groups excluding carboxylic acids is 1. The average molecular weight is 480 g/mol. The van der Waals surface area contributed by atoms with E-state index in [1.54, 1.807) is 18.7 Å². The summed E-state index contributed by atoms with van der Waals surface area (Å²) >= 11 is 0. The molecular weight excluding hydrogens is 442 g/mol. The van der Waals surface area contributed by atoms with Crippen LogP contribution in [0.25, 0.3) is 0 Å². The van der Waals surface area contributed by atoms with Gasteiger partial charge < -0.3 is 20.1 Å². The molecule has 1 aliphatic heterocycles. The normalized spacial score (nSPS) is 41.6. The Kier molecular flexibility index (Phi) is 4.94. The number of carbonyl (C=O) groups is 1. The van der Waals surface area contributed by atoms with Gasteiger partial charge >= 0.3 is 6.09 Å². The van der Waals surface area contributed by atoms with Gasteiger partial charge in [-0.25, -0.2) is 4.79 Å². The molecule has 1 aromatic carbocycles. The third-order valence-corrected chi connectivity index (χ3v) is 9.97. The Hall–Kier alpha value is -2.15. The number of nitrogens with zero attached hydrogens (tertiary/aromatic N) is 1. The van der Waals surface area contributed by atoms with Crippen molar-refractivity contribution in [2.24, 2.45) is 29.1 Å². The van der Waals surface area contributed by atoms with E-state index in [1.165, 1.54) is 0 Å². The number of anilines is 1. The predicted molar refractivity (Wildman–Crippen MR) is 133 cm³/mol. The first kappa shape index (κ1) is 23.3. The predicted octanol–water partition coefficient (Wildman–Crippen LogP) is 3.99. The van der Waals surface area contributed by atoms with E-state index in [0.29, 0.717) is 35.9 Å². The molecule has 6 rings (SSSR count). The lowest BCUT2D eigenvalue weighted by molar-refractivity contribution is -0.189. The van der Waals surface area contributed by atoms with Crippen LogP contribution >= 0.6 is 0 Å². The molecule has 3 N–H and O–H groups in total. The van der Waals surface area contributed by atoms with Crippen LogP contribution in [0.5, 0.6) is 0 Å². The number of aliphatic hydroxyl groups excluding tert-OH is 2. The highest BCUT2D eigenvalue weighted by Crippen LogP contribution is 2.66. The Morgan fingerprint density at radius 1 is 1.17 bits per heavy atom. The first-order chi connectivity index (χ1) is 16.5. The Bertz CT molecular complexity index is 1140. The maximum Gasteiger partial charge on any atom is 0.415 e. The molecule has 6 heteroatoms. The molecule has 6 nitrogen and oxygen atoms in total. The number of ether oxygens (including phenoxy) is 1. The van der Waals surface area contributed by atoms with E-state index in [9.17, 15) is 20.1 Å². The van der Waals surface area contributed by atoms with Gasteiger partial charge in [0, 0.05) is 17.5 Å². The fraction of sp³-hybridized carbons (Fsp3) is 0.621. The highest BCUT2D eigenvalue weighted by atomic mass is 16.6. The van der Waals surface area contributed by atoms with Crippen LogP contribution in [0.15, 0.2) is 47.6 Å². The summed E-state index contributed by atoms with van der Waals surface area (Å²) in [5.41, 5.74) is -0.484. The molecule has 35 heavy (non-hydrogen) atoms. The monoisotopic (exact) mass is 479 g/mol. The molecule has 5 aliphatic rings. The molecular formula is C29H37NO5. The van der Waals surface area contributed by atoms with E-state index in [4.69, 9.17) is 4.74 Å². The van der Waals surface area contributed by atoms with Crippen molar-refractivity contribution in [3.05, 3.63) is 53.1 Å². The zero-order valence-corrected chi connectivity index (χ0v) is 21.1. The van der Waals surface area contributed by atoms with Crippen LogP contribution in [-0.4, -0.2) is 51.4 Å². The van der Waals surface area contributed by atoms with Crippen LogP contribution in [0.3, 0.4) is 0 Å². The fourth-order valence-corrected chi connectivity index (χ4v) is 7.97. The highest BCUT2D eigenvalue weighted by Gasteiger charge is 2.69. The number of para-hydroxylation sites is 1.